The van der Waals surface area contributed by atoms with Crippen molar-refractivity contribution in [3.63, 3.8) is 0 Å². The molecule has 17 heavy (non-hydrogen) atoms. The predicted octanol–water partition coefficient (Wildman–Crippen LogP) is 3.27. The minimum Gasteiger partial charge on any atom is -0.372 e. The van der Waals surface area contributed by atoms with Gasteiger partial charge >= 0.3 is 0 Å². The summed E-state index contributed by atoms with van der Waals surface area (Å²) >= 11 is 0. The van der Waals surface area contributed by atoms with Gasteiger partial charge in [-0.1, -0.05) is 37.2 Å². The number of likely N-dealkylation sites (tertiary alicyclic amines) is 1. The molecule has 2 radical (unpaired) electrons. The van der Waals surface area contributed by atoms with Gasteiger partial charge in [0.1, 0.15) is 0 Å². The number of hydrogen-bond donors (Lipinski definition) is 0. The van der Waals surface area contributed by atoms with Crippen LogP contribution in [-0.4, -0.2) is 25.8 Å². The third-order valence-electron chi connectivity index (χ3n) is 3.46. The Morgan fingerprint density at radius 2 is 1.76 bits per heavy atom. The van der Waals surface area contributed by atoms with Crippen molar-refractivity contribution < 1.29 is 0 Å². The number of nitrogens with zero attached hydrogens (tertiary/aromatic N) is 1. The Hall–Kier alpha value is -1.18. The van der Waals surface area contributed by atoms with Crippen LogP contribution in [0.4, 0.5) is 0 Å². The first-order chi connectivity index (χ1) is 8.31. The molecule has 1 fully saturated rings. The number of aryl methyl sites for hydroxylation is 1. The zero-order chi connectivity index (χ0) is 12.1. The Balaban J connectivity index is 2.03. The lowest BCUT2D eigenvalue weighted by Crippen LogP contribution is -2.27. The second-order valence-electron chi connectivity index (χ2n) is 4.73. The quantitative estimate of drug-likeness (QED) is 0.711. The number of benzene rings is 1. The first-order valence-corrected chi connectivity index (χ1v) is 6.54. The van der Waals surface area contributed by atoms with Crippen molar-refractivity contribution in [1.29, 1.82) is 0 Å². The molecule has 0 unspecified atom stereocenters. The monoisotopic (exact) mass is 225 g/mol. The third kappa shape index (κ3) is 3.15. The average molecular weight is 225 g/mol. The predicted molar refractivity (Wildman–Crippen MR) is 75.2 cm³/mol. The van der Waals surface area contributed by atoms with Gasteiger partial charge in [0.05, 0.1) is 7.85 Å². The van der Waals surface area contributed by atoms with E-state index in [1.54, 1.807) is 0 Å². The molecule has 0 N–H and O–H groups in total. The highest BCUT2D eigenvalue weighted by molar-refractivity contribution is 6.08. The summed E-state index contributed by atoms with van der Waals surface area (Å²) in [6, 6.07) is 8.67. The van der Waals surface area contributed by atoms with E-state index in [1.807, 2.05) is 0 Å². The standard InChI is InChI=1S/C15H20BN/c1-13(17-11-3-2-4-12-17)15-7-5-14(6-8-15)9-10-16/h5-8H,1-4,9-12H2. The van der Waals surface area contributed by atoms with Gasteiger partial charge in [0, 0.05) is 18.8 Å². The number of hydrogen-bond acceptors (Lipinski definition) is 1. The lowest BCUT2D eigenvalue weighted by atomic mass is 9.96. The van der Waals surface area contributed by atoms with Gasteiger partial charge in [-0.2, -0.15) is 0 Å². The van der Waals surface area contributed by atoms with Gasteiger partial charge < -0.3 is 4.90 Å². The molecule has 2 rings (SSSR count). The summed E-state index contributed by atoms with van der Waals surface area (Å²) in [5.41, 5.74) is 3.72. The van der Waals surface area contributed by atoms with E-state index >= 15 is 0 Å². The first-order valence-electron chi connectivity index (χ1n) is 6.54. The summed E-state index contributed by atoms with van der Waals surface area (Å²) in [4.78, 5) is 2.40. The minimum atomic E-state index is 0.715. The Labute approximate surface area is 106 Å². The number of rotatable bonds is 4. The minimum absolute atomic E-state index is 0.715. The second kappa shape index (κ2) is 5.95. The molecule has 0 aromatic heterocycles. The van der Waals surface area contributed by atoms with Gasteiger partial charge in [0.2, 0.25) is 0 Å². The molecule has 1 aliphatic rings. The van der Waals surface area contributed by atoms with Crippen molar-refractivity contribution in [2.75, 3.05) is 13.1 Å². The van der Waals surface area contributed by atoms with Gasteiger partial charge in [-0.25, -0.2) is 0 Å². The highest BCUT2D eigenvalue weighted by Crippen LogP contribution is 2.22. The zero-order valence-electron chi connectivity index (χ0n) is 10.5. The van der Waals surface area contributed by atoms with Gasteiger partial charge in [-0.3, -0.25) is 0 Å². The summed E-state index contributed by atoms with van der Waals surface area (Å²) in [6.45, 7) is 6.54. The Morgan fingerprint density at radius 3 is 2.35 bits per heavy atom. The Kier molecular flexibility index (Phi) is 4.30. The van der Waals surface area contributed by atoms with Crippen molar-refractivity contribution in [1.82, 2.24) is 4.90 Å². The molecule has 0 aliphatic carbocycles. The maximum Gasteiger partial charge on any atom is 0.0657 e. The van der Waals surface area contributed by atoms with Crippen molar-refractivity contribution in [2.45, 2.75) is 32.0 Å². The van der Waals surface area contributed by atoms with Crippen LogP contribution in [0.15, 0.2) is 30.8 Å². The van der Waals surface area contributed by atoms with Crippen LogP contribution in [0.1, 0.15) is 30.4 Å². The van der Waals surface area contributed by atoms with E-state index in [-0.39, 0.29) is 0 Å². The molecule has 1 heterocycles. The molecular formula is C15H20BN. The van der Waals surface area contributed by atoms with Gasteiger partial charge in [-0.15, -0.1) is 0 Å². The van der Waals surface area contributed by atoms with Crippen LogP contribution < -0.4 is 0 Å². The van der Waals surface area contributed by atoms with Crippen molar-refractivity contribution >= 4 is 13.5 Å². The van der Waals surface area contributed by atoms with Gasteiger partial charge in [-0.05, 0) is 36.8 Å². The molecule has 1 saturated heterocycles. The van der Waals surface area contributed by atoms with Gasteiger partial charge in [0.25, 0.3) is 0 Å². The Bertz CT molecular complexity index is 363. The van der Waals surface area contributed by atoms with Crippen molar-refractivity contribution in [3.8, 4) is 0 Å². The fourth-order valence-corrected chi connectivity index (χ4v) is 2.38. The smallest absolute Gasteiger partial charge is 0.0657 e. The molecular weight excluding hydrogens is 205 g/mol. The van der Waals surface area contributed by atoms with E-state index in [1.165, 1.54) is 36.1 Å². The second-order valence-corrected chi connectivity index (χ2v) is 4.73. The highest BCUT2D eigenvalue weighted by atomic mass is 15.1. The topological polar surface area (TPSA) is 3.24 Å². The average Bonchev–Trinajstić information content (AvgIpc) is 2.40. The zero-order valence-corrected chi connectivity index (χ0v) is 10.5. The number of piperidine rings is 1. The summed E-state index contributed by atoms with van der Waals surface area (Å²) in [6.07, 6.45) is 5.62. The molecule has 0 saturated carbocycles. The lowest BCUT2D eigenvalue weighted by Gasteiger charge is -2.30. The van der Waals surface area contributed by atoms with Crippen LogP contribution in [0, 0.1) is 0 Å². The van der Waals surface area contributed by atoms with E-state index in [4.69, 9.17) is 7.85 Å². The van der Waals surface area contributed by atoms with Crippen LogP contribution >= 0.6 is 0 Å². The van der Waals surface area contributed by atoms with E-state index in [2.05, 4.69) is 35.7 Å². The van der Waals surface area contributed by atoms with E-state index in [9.17, 15) is 0 Å². The largest absolute Gasteiger partial charge is 0.372 e. The molecule has 0 spiro atoms. The fourth-order valence-electron chi connectivity index (χ4n) is 2.38. The van der Waals surface area contributed by atoms with Crippen molar-refractivity contribution in [2.24, 2.45) is 0 Å². The molecule has 0 amide bonds. The molecule has 88 valence electrons. The molecule has 1 aromatic rings. The molecule has 0 atom stereocenters. The normalized spacial score (nSPS) is 15.9. The summed E-state index contributed by atoms with van der Waals surface area (Å²) in [5.74, 6) is 0. The van der Waals surface area contributed by atoms with Crippen molar-refractivity contribution in [3.05, 3.63) is 42.0 Å². The molecule has 1 aliphatic heterocycles. The lowest BCUT2D eigenvalue weighted by molar-refractivity contribution is 0.326. The summed E-state index contributed by atoms with van der Waals surface area (Å²) in [5, 5.41) is 0. The SMILES string of the molecule is [B]CCc1ccc(C(=C)N2CCCCC2)cc1. The van der Waals surface area contributed by atoms with Crippen LogP contribution in [0.3, 0.4) is 0 Å². The van der Waals surface area contributed by atoms with E-state index < -0.39 is 0 Å². The maximum absolute atomic E-state index is 5.55. The van der Waals surface area contributed by atoms with E-state index in [0.717, 1.165) is 19.5 Å². The van der Waals surface area contributed by atoms with Crippen LogP contribution in [0.25, 0.3) is 5.70 Å². The van der Waals surface area contributed by atoms with E-state index in [0.29, 0.717) is 6.32 Å². The van der Waals surface area contributed by atoms with Crippen LogP contribution in [0.5, 0.6) is 0 Å². The van der Waals surface area contributed by atoms with Crippen LogP contribution in [0.2, 0.25) is 6.32 Å². The molecule has 1 nitrogen and oxygen atoms in total. The molecule has 1 aromatic carbocycles. The maximum atomic E-state index is 5.55. The highest BCUT2D eigenvalue weighted by Gasteiger charge is 2.12. The fraction of sp³-hybridized carbons (Fsp3) is 0.467. The third-order valence-corrected chi connectivity index (χ3v) is 3.46. The Morgan fingerprint density at radius 1 is 1.12 bits per heavy atom. The molecule has 2 heteroatoms. The summed E-state index contributed by atoms with van der Waals surface area (Å²) < 4.78 is 0. The van der Waals surface area contributed by atoms with Crippen LogP contribution in [-0.2, 0) is 6.42 Å². The summed E-state index contributed by atoms with van der Waals surface area (Å²) in [7, 11) is 5.55. The van der Waals surface area contributed by atoms with Gasteiger partial charge in [0.15, 0.2) is 0 Å². The molecule has 0 bridgehead atoms. The first kappa shape index (κ1) is 12.3.